The van der Waals surface area contributed by atoms with Gasteiger partial charge in [0.05, 0.1) is 0 Å². The van der Waals surface area contributed by atoms with Crippen LogP contribution in [0.4, 0.5) is 4.39 Å². The van der Waals surface area contributed by atoms with Crippen LogP contribution < -0.4 is 5.73 Å². The molecule has 1 atom stereocenters. The van der Waals surface area contributed by atoms with Gasteiger partial charge in [-0.15, -0.1) is 0 Å². The Kier molecular flexibility index (Phi) is 3.31. The molecule has 2 aromatic rings. The van der Waals surface area contributed by atoms with Gasteiger partial charge in [-0.2, -0.15) is 0 Å². The SMILES string of the molecule is Cn1cc(C(N)C2CCCCC2)c2cc(F)ccc21. The third kappa shape index (κ3) is 2.27. The first kappa shape index (κ1) is 12.7. The van der Waals surface area contributed by atoms with Gasteiger partial charge in [0, 0.05) is 30.2 Å². The lowest BCUT2D eigenvalue weighted by molar-refractivity contribution is 0.309. The van der Waals surface area contributed by atoms with E-state index in [0.717, 1.165) is 16.5 Å². The molecule has 1 unspecified atom stereocenters. The van der Waals surface area contributed by atoms with Crippen LogP contribution in [0.15, 0.2) is 24.4 Å². The molecule has 0 aliphatic heterocycles. The minimum Gasteiger partial charge on any atom is -0.350 e. The van der Waals surface area contributed by atoms with Crippen LogP contribution in [-0.2, 0) is 7.05 Å². The van der Waals surface area contributed by atoms with Crippen LogP contribution in [0.1, 0.15) is 43.7 Å². The fourth-order valence-electron chi connectivity index (χ4n) is 3.41. The van der Waals surface area contributed by atoms with E-state index in [2.05, 4.69) is 6.20 Å². The highest BCUT2D eigenvalue weighted by Gasteiger charge is 2.24. The first-order valence-corrected chi connectivity index (χ1v) is 7.17. The number of hydrogen-bond donors (Lipinski definition) is 1. The van der Waals surface area contributed by atoms with Crippen LogP contribution in [0.3, 0.4) is 0 Å². The van der Waals surface area contributed by atoms with E-state index in [0.29, 0.717) is 5.92 Å². The molecule has 0 saturated heterocycles. The lowest BCUT2D eigenvalue weighted by atomic mass is 9.81. The molecule has 1 heterocycles. The molecule has 3 rings (SSSR count). The van der Waals surface area contributed by atoms with Crippen molar-refractivity contribution in [1.82, 2.24) is 4.57 Å². The summed E-state index contributed by atoms with van der Waals surface area (Å²) in [6.07, 6.45) is 8.35. The van der Waals surface area contributed by atoms with E-state index in [4.69, 9.17) is 5.73 Å². The van der Waals surface area contributed by atoms with Crippen molar-refractivity contribution in [3.63, 3.8) is 0 Å². The maximum atomic E-state index is 13.5. The third-order valence-corrected chi connectivity index (χ3v) is 4.50. The van der Waals surface area contributed by atoms with Crippen molar-refractivity contribution >= 4 is 10.9 Å². The van der Waals surface area contributed by atoms with Crippen LogP contribution in [0.5, 0.6) is 0 Å². The average Bonchev–Trinajstić information content (AvgIpc) is 2.75. The second-order valence-electron chi connectivity index (χ2n) is 5.78. The second kappa shape index (κ2) is 4.97. The molecule has 1 aliphatic carbocycles. The summed E-state index contributed by atoms with van der Waals surface area (Å²) in [4.78, 5) is 0. The fraction of sp³-hybridized carbons (Fsp3) is 0.500. The lowest BCUT2D eigenvalue weighted by Crippen LogP contribution is -2.23. The predicted octanol–water partition coefficient (Wildman–Crippen LogP) is 3.90. The van der Waals surface area contributed by atoms with Crippen molar-refractivity contribution in [2.45, 2.75) is 38.1 Å². The van der Waals surface area contributed by atoms with Gasteiger partial charge >= 0.3 is 0 Å². The molecule has 19 heavy (non-hydrogen) atoms. The highest BCUT2D eigenvalue weighted by atomic mass is 19.1. The van der Waals surface area contributed by atoms with Gasteiger partial charge in [-0.3, -0.25) is 0 Å². The number of hydrogen-bond acceptors (Lipinski definition) is 1. The minimum absolute atomic E-state index is 0.0331. The summed E-state index contributed by atoms with van der Waals surface area (Å²) in [6.45, 7) is 0. The Morgan fingerprint density at radius 3 is 2.74 bits per heavy atom. The zero-order chi connectivity index (χ0) is 13.4. The molecule has 102 valence electrons. The molecule has 0 amide bonds. The van der Waals surface area contributed by atoms with Crippen LogP contribution in [-0.4, -0.2) is 4.57 Å². The molecule has 0 bridgehead atoms. The first-order chi connectivity index (χ1) is 9.16. The lowest BCUT2D eigenvalue weighted by Gasteiger charge is -2.27. The normalized spacial score (nSPS) is 18.9. The monoisotopic (exact) mass is 260 g/mol. The van der Waals surface area contributed by atoms with Crippen molar-refractivity contribution in [2.75, 3.05) is 0 Å². The Hall–Kier alpha value is -1.35. The van der Waals surface area contributed by atoms with Crippen LogP contribution in [0, 0.1) is 11.7 Å². The summed E-state index contributed by atoms with van der Waals surface area (Å²) >= 11 is 0. The van der Waals surface area contributed by atoms with Gasteiger partial charge in [-0.25, -0.2) is 4.39 Å². The summed E-state index contributed by atoms with van der Waals surface area (Å²) in [5.41, 5.74) is 8.62. The summed E-state index contributed by atoms with van der Waals surface area (Å²) < 4.78 is 15.5. The number of nitrogens with two attached hydrogens (primary N) is 1. The summed E-state index contributed by atoms with van der Waals surface area (Å²) in [6, 6.07) is 5.00. The van der Waals surface area contributed by atoms with E-state index in [1.807, 2.05) is 17.7 Å². The first-order valence-electron chi connectivity index (χ1n) is 7.17. The Bertz CT molecular complexity index is 582. The molecule has 1 aromatic carbocycles. The number of rotatable bonds is 2. The number of nitrogens with zero attached hydrogens (tertiary/aromatic N) is 1. The van der Waals surface area contributed by atoms with Gasteiger partial charge < -0.3 is 10.3 Å². The Balaban J connectivity index is 2.01. The number of fused-ring (bicyclic) bond motifs is 1. The molecule has 2 N–H and O–H groups in total. The molecule has 0 radical (unpaired) electrons. The number of aromatic nitrogens is 1. The quantitative estimate of drug-likeness (QED) is 0.872. The molecule has 1 aromatic heterocycles. The predicted molar refractivity (Wildman–Crippen MR) is 76.4 cm³/mol. The summed E-state index contributed by atoms with van der Waals surface area (Å²) in [5.74, 6) is 0.360. The highest BCUT2D eigenvalue weighted by molar-refractivity contribution is 5.84. The molecule has 1 fully saturated rings. The number of aryl methyl sites for hydroxylation is 1. The zero-order valence-electron chi connectivity index (χ0n) is 11.4. The molecular formula is C16H21FN2. The smallest absolute Gasteiger partial charge is 0.123 e. The van der Waals surface area contributed by atoms with Crippen molar-refractivity contribution in [3.05, 3.63) is 35.8 Å². The third-order valence-electron chi connectivity index (χ3n) is 4.50. The maximum Gasteiger partial charge on any atom is 0.123 e. The largest absolute Gasteiger partial charge is 0.350 e. The molecular weight excluding hydrogens is 239 g/mol. The van der Waals surface area contributed by atoms with E-state index in [9.17, 15) is 4.39 Å². The summed E-state index contributed by atoms with van der Waals surface area (Å²) in [7, 11) is 2.00. The Morgan fingerprint density at radius 1 is 1.26 bits per heavy atom. The number of halogens is 1. The van der Waals surface area contributed by atoms with Gasteiger partial charge in [-0.1, -0.05) is 19.3 Å². The van der Waals surface area contributed by atoms with E-state index >= 15 is 0 Å². The van der Waals surface area contributed by atoms with Gasteiger partial charge in [-0.05, 0) is 42.5 Å². The van der Waals surface area contributed by atoms with Crippen LogP contribution in [0.2, 0.25) is 0 Å². The number of benzene rings is 1. The molecule has 1 aliphatic rings. The van der Waals surface area contributed by atoms with Crippen molar-refractivity contribution < 1.29 is 4.39 Å². The van der Waals surface area contributed by atoms with E-state index in [1.54, 1.807) is 6.07 Å². The molecule has 2 nitrogen and oxygen atoms in total. The van der Waals surface area contributed by atoms with Crippen LogP contribution >= 0.6 is 0 Å². The highest BCUT2D eigenvalue weighted by Crippen LogP contribution is 2.36. The van der Waals surface area contributed by atoms with Crippen LogP contribution in [0.25, 0.3) is 10.9 Å². The molecule has 0 spiro atoms. The van der Waals surface area contributed by atoms with Gasteiger partial charge in [0.15, 0.2) is 0 Å². The Morgan fingerprint density at radius 2 is 2.00 bits per heavy atom. The maximum absolute atomic E-state index is 13.5. The summed E-state index contributed by atoms with van der Waals surface area (Å²) in [5, 5.41) is 0.973. The van der Waals surface area contributed by atoms with Crippen molar-refractivity contribution in [2.24, 2.45) is 18.7 Å². The average molecular weight is 260 g/mol. The second-order valence-corrected chi connectivity index (χ2v) is 5.78. The van der Waals surface area contributed by atoms with Crippen molar-refractivity contribution in [3.8, 4) is 0 Å². The van der Waals surface area contributed by atoms with E-state index in [1.165, 1.54) is 38.2 Å². The van der Waals surface area contributed by atoms with E-state index in [-0.39, 0.29) is 11.9 Å². The fourth-order valence-corrected chi connectivity index (χ4v) is 3.41. The zero-order valence-corrected chi connectivity index (χ0v) is 11.4. The standard InChI is InChI=1S/C16H21FN2/c1-19-10-14(13-9-12(17)7-8-15(13)19)16(18)11-5-3-2-4-6-11/h7-11,16H,2-6,18H2,1H3. The van der Waals surface area contributed by atoms with Gasteiger partial charge in [0.25, 0.3) is 0 Å². The van der Waals surface area contributed by atoms with Crippen molar-refractivity contribution in [1.29, 1.82) is 0 Å². The molecule has 1 saturated carbocycles. The topological polar surface area (TPSA) is 30.9 Å². The molecule has 3 heteroatoms. The Labute approximate surface area is 113 Å². The minimum atomic E-state index is -0.184. The van der Waals surface area contributed by atoms with Gasteiger partial charge in [0.2, 0.25) is 0 Å². The van der Waals surface area contributed by atoms with E-state index < -0.39 is 0 Å². The van der Waals surface area contributed by atoms with Gasteiger partial charge in [0.1, 0.15) is 5.82 Å².